The molecule has 0 fully saturated rings. The minimum absolute atomic E-state index is 0.00295. The van der Waals surface area contributed by atoms with Crippen molar-refractivity contribution in [1.82, 2.24) is 0 Å². The van der Waals surface area contributed by atoms with E-state index in [0.29, 0.717) is 0 Å². The Kier molecular flexibility index (Phi) is 6.66. The van der Waals surface area contributed by atoms with Gasteiger partial charge in [-0.15, -0.1) is 0 Å². The maximum atomic E-state index is 12.6. The molecule has 0 unspecified atom stereocenters. The van der Waals surface area contributed by atoms with E-state index < -0.39 is 53.2 Å². The Balaban J connectivity index is 2.25. The molecule has 0 saturated carbocycles. The molecule has 0 spiro atoms. The minimum Gasteiger partial charge on any atom is -0.506 e. The molecule has 13 heteroatoms. The van der Waals surface area contributed by atoms with E-state index >= 15 is 0 Å². The molecule has 0 saturated heterocycles. The topological polar surface area (TPSA) is 182 Å². The number of aromatic hydroxyl groups is 1. The normalized spacial score (nSPS) is 12.9. The van der Waals surface area contributed by atoms with E-state index in [1.807, 2.05) is 0 Å². The van der Waals surface area contributed by atoms with Gasteiger partial charge < -0.3 is 14.6 Å². The van der Waals surface area contributed by atoms with E-state index in [4.69, 9.17) is 9.47 Å². The summed E-state index contributed by atoms with van der Waals surface area (Å²) in [4.78, 5) is 22.1. The average molecular weight is 561 g/mol. The van der Waals surface area contributed by atoms with Gasteiger partial charge in [0, 0.05) is 33.4 Å². The van der Waals surface area contributed by atoms with E-state index in [1.54, 1.807) is 13.8 Å². The molecular formula is C25H20O11S2. The van der Waals surface area contributed by atoms with Crippen molar-refractivity contribution in [2.75, 3.05) is 0 Å². The van der Waals surface area contributed by atoms with Crippen LogP contribution in [0.15, 0.2) is 52.3 Å². The Morgan fingerprint density at radius 2 is 1.58 bits per heavy atom. The third-order valence-corrected chi connectivity index (χ3v) is 7.65. The van der Waals surface area contributed by atoms with Gasteiger partial charge in [0.1, 0.15) is 16.4 Å². The van der Waals surface area contributed by atoms with Gasteiger partial charge in [0.25, 0.3) is 16.6 Å². The monoisotopic (exact) mass is 560 g/mol. The summed E-state index contributed by atoms with van der Waals surface area (Å²) >= 11 is 0. The first-order chi connectivity index (χ1) is 17.7. The van der Waals surface area contributed by atoms with Gasteiger partial charge >= 0.3 is 10.1 Å². The summed E-state index contributed by atoms with van der Waals surface area (Å²) in [6, 6.07) is 8.96. The van der Waals surface area contributed by atoms with Crippen molar-refractivity contribution in [3.8, 4) is 23.0 Å². The first kappa shape index (κ1) is 27.0. The molecule has 0 aliphatic carbocycles. The summed E-state index contributed by atoms with van der Waals surface area (Å²) in [5.74, 6) is -2.93. The third kappa shape index (κ3) is 4.56. The highest BCUT2D eigenvalue weighted by molar-refractivity contribution is 7.86. The summed E-state index contributed by atoms with van der Waals surface area (Å²) in [6.07, 6.45) is 0. The van der Waals surface area contributed by atoms with Crippen molar-refractivity contribution in [2.45, 2.75) is 23.6 Å². The fourth-order valence-electron chi connectivity index (χ4n) is 4.19. The van der Waals surface area contributed by atoms with E-state index in [-0.39, 0.29) is 50.7 Å². The molecular weight excluding hydrogens is 540 g/mol. The summed E-state index contributed by atoms with van der Waals surface area (Å²) in [7, 11) is -10.1. The van der Waals surface area contributed by atoms with E-state index in [0.717, 1.165) is 6.07 Å². The molecule has 1 aliphatic rings. The Hall–Kier alpha value is -4.04. The van der Waals surface area contributed by atoms with Gasteiger partial charge in [-0.3, -0.25) is 18.7 Å². The zero-order chi connectivity index (χ0) is 28.2. The van der Waals surface area contributed by atoms with Crippen LogP contribution in [0.4, 0.5) is 0 Å². The van der Waals surface area contributed by atoms with Crippen LogP contribution in [0.1, 0.15) is 35.3 Å². The third-order valence-electron chi connectivity index (χ3n) is 5.78. The maximum absolute atomic E-state index is 12.6. The molecule has 3 N–H and O–H groups in total. The predicted octanol–water partition coefficient (Wildman–Crippen LogP) is 2.02. The van der Waals surface area contributed by atoms with E-state index in [1.165, 1.54) is 36.4 Å². The number of Topliss-reactive ketones (excluding diaryl/α,β-unsaturated/α-hetero) is 1. The molecule has 0 aromatic heterocycles. The zero-order valence-corrected chi connectivity index (χ0v) is 21.5. The van der Waals surface area contributed by atoms with Gasteiger partial charge in [-0.25, -0.2) is 0 Å². The molecule has 11 nitrogen and oxygen atoms in total. The van der Waals surface area contributed by atoms with Gasteiger partial charge in [-0.1, -0.05) is 32.6 Å². The number of ketones is 1. The van der Waals surface area contributed by atoms with Crippen molar-refractivity contribution in [3.05, 3.63) is 69.6 Å². The molecule has 3 aromatic rings. The summed E-state index contributed by atoms with van der Waals surface area (Å²) in [5, 5.41) is 10.1. The fraction of sp³-hybridized carbons (Fsp3) is 0.120. The molecule has 1 aliphatic heterocycles. The SMILES string of the molecule is C=c1ccc2c(c1S(=O)(=O)O)Oc1c(ccc(O)c1S(=O)(=O)O)C=2c1ccc(C(=O)C(C)C)cc1OC=O. The summed E-state index contributed by atoms with van der Waals surface area (Å²) < 4.78 is 79.5. The highest BCUT2D eigenvalue weighted by Gasteiger charge is 2.34. The number of phenolic OH excluding ortho intramolecular Hbond substituents is 1. The van der Waals surface area contributed by atoms with Gasteiger partial charge in [0.05, 0.1) is 0 Å². The van der Waals surface area contributed by atoms with Crippen LogP contribution >= 0.6 is 0 Å². The molecule has 38 heavy (non-hydrogen) atoms. The lowest BCUT2D eigenvalue weighted by molar-refractivity contribution is -0.120. The number of rotatable bonds is 7. The Morgan fingerprint density at radius 3 is 2.16 bits per heavy atom. The van der Waals surface area contributed by atoms with Crippen LogP contribution in [-0.4, -0.2) is 43.3 Å². The average Bonchev–Trinajstić information content (AvgIpc) is 2.80. The second kappa shape index (κ2) is 9.36. The quantitative estimate of drug-likeness (QED) is 0.171. The lowest BCUT2D eigenvalue weighted by atomic mass is 9.90. The zero-order valence-electron chi connectivity index (χ0n) is 19.8. The number of benzene rings is 3. The van der Waals surface area contributed by atoms with Crippen LogP contribution in [-0.2, 0) is 25.0 Å². The fourth-order valence-corrected chi connectivity index (χ4v) is 5.69. The highest BCUT2D eigenvalue weighted by Crippen LogP contribution is 2.46. The Morgan fingerprint density at radius 1 is 0.947 bits per heavy atom. The Bertz CT molecular complexity index is 1860. The van der Waals surface area contributed by atoms with Crippen LogP contribution in [0.3, 0.4) is 0 Å². The number of phenols is 1. The van der Waals surface area contributed by atoms with E-state index in [2.05, 4.69) is 6.58 Å². The van der Waals surface area contributed by atoms with E-state index in [9.17, 15) is 40.6 Å². The smallest absolute Gasteiger partial charge is 0.302 e. The molecule has 198 valence electrons. The lowest BCUT2D eigenvalue weighted by Gasteiger charge is -2.25. The Labute approximate surface area is 216 Å². The van der Waals surface area contributed by atoms with Crippen molar-refractivity contribution in [2.24, 2.45) is 5.92 Å². The second-order valence-corrected chi connectivity index (χ2v) is 11.3. The molecule has 1 heterocycles. The van der Waals surface area contributed by atoms with Crippen LogP contribution in [0.2, 0.25) is 0 Å². The first-order valence-electron chi connectivity index (χ1n) is 10.8. The number of carbonyl (C=O) groups excluding carboxylic acids is 2. The minimum atomic E-state index is -5.14. The van der Waals surface area contributed by atoms with Gasteiger partial charge in [-0.2, -0.15) is 16.8 Å². The van der Waals surface area contributed by atoms with Crippen molar-refractivity contribution >= 4 is 44.6 Å². The van der Waals surface area contributed by atoms with Gasteiger partial charge in [-0.05, 0) is 35.6 Å². The van der Waals surface area contributed by atoms with Crippen LogP contribution in [0, 0.1) is 5.92 Å². The lowest BCUT2D eigenvalue weighted by Crippen LogP contribution is -2.26. The van der Waals surface area contributed by atoms with Crippen LogP contribution in [0.25, 0.3) is 12.2 Å². The number of hydrogen-bond donors (Lipinski definition) is 3. The van der Waals surface area contributed by atoms with Crippen LogP contribution < -0.4 is 19.9 Å². The molecule has 4 rings (SSSR count). The van der Waals surface area contributed by atoms with Crippen LogP contribution in [0.5, 0.6) is 23.0 Å². The molecule has 0 radical (unpaired) electrons. The molecule has 3 aromatic carbocycles. The van der Waals surface area contributed by atoms with Crippen molar-refractivity contribution in [1.29, 1.82) is 0 Å². The highest BCUT2D eigenvalue weighted by atomic mass is 32.2. The number of hydrogen-bond acceptors (Lipinski definition) is 9. The first-order valence-corrected chi connectivity index (χ1v) is 13.7. The predicted molar refractivity (Wildman–Crippen MR) is 133 cm³/mol. The number of fused-ring (bicyclic) bond motifs is 2. The molecule has 0 bridgehead atoms. The number of carbonyl (C=O) groups is 2. The summed E-state index contributed by atoms with van der Waals surface area (Å²) in [5.41, 5.74) is 0.272. The van der Waals surface area contributed by atoms with Crippen molar-refractivity contribution in [3.63, 3.8) is 0 Å². The maximum Gasteiger partial charge on any atom is 0.302 e. The summed E-state index contributed by atoms with van der Waals surface area (Å²) in [6.45, 7) is 7.03. The molecule has 0 amide bonds. The number of ether oxygens (including phenoxy) is 2. The largest absolute Gasteiger partial charge is 0.506 e. The van der Waals surface area contributed by atoms with Crippen molar-refractivity contribution < 1.29 is 50.1 Å². The molecule has 0 atom stereocenters. The second-order valence-electron chi connectivity index (χ2n) is 8.59. The van der Waals surface area contributed by atoms with Gasteiger partial charge in [0.2, 0.25) is 0 Å². The van der Waals surface area contributed by atoms with Gasteiger partial charge in [0.15, 0.2) is 22.2 Å². The standard InChI is InChI=1S/C25H20O11S2/c1-12(2)21(28)14-5-7-15(19(10-14)35-11-26)20-16-6-4-13(3)24(37(29,30)31)22(16)36-23-17(20)8-9-18(27)25(23)38(32,33)34/h4-12,27H,3H2,1-2H3,(H,29,30,31)(H,32,33,34).